The predicted molar refractivity (Wildman–Crippen MR) is 128 cm³/mol. The molecule has 0 radical (unpaired) electrons. The van der Waals surface area contributed by atoms with Gasteiger partial charge in [-0.25, -0.2) is 14.2 Å². The molecule has 0 unspecified atom stereocenters. The number of fused-ring (bicyclic) bond motifs is 2. The van der Waals surface area contributed by atoms with Gasteiger partial charge >= 0.3 is 6.09 Å². The van der Waals surface area contributed by atoms with Gasteiger partial charge in [0, 0.05) is 31.6 Å². The number of amides is 1. The molecular formula is C26H29FN4O3. The van der Waals surface area contributed by atoms with Crippen molar-refractivity contribution in [1.29, 1.82) is 0 Å². The zero-order valence-corrected chi connectivity index (χ0v) is 20.2. The molecule has 2 aromatic carbocycles. The van der Waals surface area contributed by atoms with E-state index in [4.69, 9.17) is 9.15 Å². The van der Waals surface area contributed by atoms with Gasteiger partial charge in [-0.3, -0.25) is 4.68 Å². The highest BCUT2D eigenvalue weighted by Crippen LogP contribution is 2.32. The number of ether oxygens (including phenoxy) is 1. The monoisotopic (exact) mass is 464 g/mol. The molecule has 8 heteroatoms. The molecule has 0 N–H and O–H groups in total. The molecule has 0 spiro atoms. The largest absolute Gasteiger partial charge is 0.444 e. The number of piperidine rings is 1. The number of likely N-dealkylation sites (tertiary alicyclic amines) is 1. The van der Waals surface area contributed by atoms with Crippen LogP contribution in [0, 0.1) is 19.7 Å². The molecule has 0 aliphatic carbocycles. The van der Waals surface area contributed by atoms with Crippen LogP contribution in [0.25, 0.3) is 33.1 Å². The number of oxazole rings is 1. The standard InChI is InChI=1S/C26H29FN4O3/c1-15-10-17(13-22-23(15)28-16(2)33-22)18-11-19-14-31(29-24(19)21(27)12-18)20-6-8-30(9-7-20)25(32)34-26(3,4)5/h10-14,20H,6-9H2,1-5H3. The van der Waals surface area contributed by atoms with E-state index < -0.39 is 5.60 Å². The normalized spacial score (nSPS) is 15.4. The smallest absolute Gasteiger partial charge is 0.410 e. The first kappa shape index (κ1) is 22.4. The second-order valence-corrected chi connectivity index (χ2v) is 10.1. The molecular weight excluding hydrogens is 435 g/mol. The molecule has 1 aliphatic rings. The molecule has 1 amide bonds. The molecule has 0 saturated carbocycles. The van der Waals surface area contributed by atoms with E-state index in [2.05, 4.69) is 10.1 Å². The number of benzene rings is 2. The summed E-state index contributed by atoms with van der Waals surface area (Å²) in [5, 5.41) is 5.30. The summed E-state index contributed by atoms with van der Waals surface area (Å²) >= 11 is 0. The third kappa shape index (κ3) is 4.24. The highest BCUT2D eigenvalue weighted by molar-refractivity contribution is 5.88. The third-order valence-electron chi connectivity index (χ3n) is 6.20. The van der Waals surface area contributed by atoms with Crippen LogP contribution in [0.15, 0.2) is 34.9 Å². The fraction of sp³-hybridized carbons (Fsp3) is 0.423. The number of carbonyl (C=O) groups is 1. The van der Waals surface area contributed by atoms with Crippen LogP contribution in [0.5, 0.6) is 0 Å². The van der Waals surface area contributed by atoms with Crippen LogP contribution < -0.4 is 0 Å². The van der Waals surface area contributed by atoms with Gasteiger partial charge in [0.1, 0.15) is 16.6 Å². The van der Waals surface area contributed by atoms with Gasteiger partial charge in [-0.15, -0.1) is 0 Å². The van der Waals surface area contributed by atoms with Gasteiger partial charge in [0.05, 0.1) is 6.04 Å². The molecule has 2 aromatic heterocycles. The number of nitrogens with zero attached hydrogens (tertiary/aromatic N) is 4. The molecule has 3 heterocycles. The van der Waals surface area contributed by atoms with Crippen molar-refractivity contribution >= 4 is 28.1 Å². The first-order chi connectivity index (χ1) is 16.1. The van der Waals surface area contributed by atoms with E-state index in [0.29, 0.717) is 30.1 Å². The number of hydrogen-bond acceptors (Lipinski definition) is 5. The van der Waals surface area contributed by atoms with Crippen molar-refractivity contribution in [3.8, 4) is 11.1 Å². The van der Waals surface area contributed by atoms with Crippen molar-refractivity contribution in [2.45, 2.75) is 59.1 Å². The highest BCUT2D eigenvalue weighted by atomic mass is 19.1. The Labute approximate surface area is 197 Å². The molecule has 1 aliphatic heterocycles. The van der Waals surface area contributed by atoms with Gasteiger partial charge in [-0.2, -0.15) is 5.10 Å². The van der Waals surface area contributed by atoms with Crippen molar-refractivity contribution in [3.63, 3.8) is 0 Å². The lowest BCUT2D eigenvalue weighted by Gasteiger charge is -2.33. The molecule has 7 nitrogen and oxygen atoms in total. The van der Waals surface area contributed by atoms with Crippen molar-refractivity contribution in [2.24, 2.45) is 0 Å². The van der Waals surface area contributed by atoms with E-state index >= 15 is 4.39 Å². The summed E-state index contributed by atoms with van der Waals surface area (Å²) in [6.07, 6.45) is 3.09. The maximum absolute atomic E-state index is 15.1. The summed E-state index contributed by atoms with van der Waals surface area (Å²) in [6.45, 7) is 10.5. The Kier molecular flexibility index (Phi) is 5.34. The average Bonchev–Trinajstić information content (AvgIpc) is 3.36. The summed E-state index contributed by atoms with van der Waals surface area (Å²) in [5.74, 6) is 0.250. The minimum atomic E-state index is -0.516. The summed E-state index contributed by atoms with van der Waals surface area (Å²) < 4.78 is 28.1. The van der Waals surface area contributed by atoms with Crippen LogP contribution in [0.1, 0.15) is 51.1 Å². The fourth-order valence-electron chi connectivity index (χ4n) is 4.58. The molecule has 0 bridgehead atoms. The van der Waals surface area contributed by atoms with Crippen LogP contribution in [-0.4, -0.2) is 44.4 Å². The Morgan fingerprint density at radius 2 is 1.79 bits per heavy atom. The first-order valence-electron chi connectivity index (χ1n) is 11.6. The highest BCUT2D eigenvalue weighted by Gasteiger charge is 2.28. The molecule has 178 valence electrons. The molecule has 4 aromatic rings. The van der Waals surface area contributed by atoms with Crippen molar-refractivity contribution in [1.82, 2.24) is 19.7 Å². The Balaban J connectivity index is 1.39. The summed E-state index contributed by atoms with van der Waals surface area (Å²) in [4.78, 5) is 18.5. The van der Waals surface area contributed by atoms with Gasteiger partial charge in [-0.05, 0) is 81.5 Å². The van der Waals surface area contributed by atoms with Crippen LogP contribution in [0.3, 0.4) is 0 Å². The van der Waals surface area contributed by atoms with Crippen molar-refractivity contribution in [2.75, 3.05) is 13.1 Å². The molecule has 1 fully saturated rings. The third-order valence-corrected chi connectivity index (χ3v) is 6.20. The number of aromatic nitrogens is 3. The number of hydrogen-bond donors (Lipinski definition) is 0. The lowest BCUT2D eigenvalue weighted by atomic mass is 10.0. The van der Waals surface area contributed by atoms with E-state index in [1.165, 1.54) is 6.07 Å². The number of carbonyl (C=O) groups excluding carboxylic acids is 1. The Bertz CT molecular complexity index is 1390. The van der Waals surface area contributed by atoms with E-state index in [0.717, 1.165) is 40.4 Å². The predicted octanol–water partition coefficient (Wildman–Crippen LogP) is 6.17. The number of aryl methyl sites for hydroxylation is 2. The number of rotatable bonds is 2. The number of halogens is 1. The summed E-state index contributed by atoms with van der Waals surface area (Å²) in [7, 11) is 0. The summed E-state index contributed by atoms with van der Waals surface area (Å²) in [6, 6.07) is 7.49. The second-order valence-electron chi connectivity index (χ2n) is 10.1. The quantitative estimate of drug-likeness (QED) is 0.355. The minimum Gasteiger partial charge on any atom is -0.444 e. The maximum atomic E-state index is 15.1. The first-order valence-corrected chi connectivity index (χ1v) is 11.6. The van der Waals surface area contributed by atoms with Crippen molar-refractivity contribution < 1.29 is 18.3 Å². The minimum absolute atomic E-state index is 0.102. The van der Waals surface area contributed by atoms with Gasteiger partial charge in [-0.1, -0.05) is 0 Å². The lowest BCUT2D eigenvalue weighted by molar-refractivity contribution is 0.0185. The van der Waals surface area contributed by atoms with Crippen LogP contribution in [0.2, 0.25) is 0 Å². The van der Waals surface area contributed by atoms with E-state index in [-0.39, 0.29) is 18.0 Å². The maximum Gasteiger partial charge on any atom is 0.410 e. The Hall–Kier alpha value is -3.42. The van der Waals surface area contributed by atoms with E-state index in [9.17, 15) is 4.79 Å². The Morgan fingerprint density at radius 1 is 1.09 bits per heavy atom. The molecule has 0 atom stereocenters. The topological polar surface area (TPSA) is 73.4 Å². The van der Waals surface area contributed by atoms with Crippen LogP contribution in [-0.2, 0) is 4.74 Å². The van der Waals surface area contributed by atoms with E-state index in [1.807, 2.05) is 63.7 Å². The summed E-state index contributed by atoms with van der Waals surface area (Å²) in [5.41, 5.74) is 3.99. The average molecular weight is 465 g/mol. The zero-order chi connectivity index (χ0) is 24.2. The zero-order valence-electron chi connectivity index (χ0n) is 20.2. The van der Waals surface area contributed by atoms with Crippen molar-refractivity contribution in [3.05, 3.63) is 47.7 Å². The Morgan fingerprint density at radius 3 is 2.50 bits per heavy atom. The lowest BCUT2D eigenvalue weighted by Crippen LogP contribution is -2.42. The molecule has 5 rings (SSSR count). The van der Waals surface area contributed by atoms with Gasteiger partial charge in [0.25, 0.3) is 0 Å². The van der Waals surface area contributed by atoms with Gasteiger partial charge in [0.15, 0.2) is 17.3 Å². The fourth-order valence-corrected chi connectivity index (χ4v) is 4.58. The second kappa shape index (κ2) is 8.11. The molecule has 1 saturated heterocycles. The van der Waals surface area contributed by atoms with Crippen LogP contribution >= 0.6 is 0 Å². The van der Waals surface area contributed by atoms with Gasteiger partial charge in [0.2, 0.25) is 0 Å². The van der Waals surface area contributed by atoms with Gasteiger partial charge < -0.3 is 14.1 Å². The SMILES string of the molecule is Cc1nc2c(C)cc(-c3cc(F)c4nn(C5CCN(C(=O)OC(C)(C)C)CC5)cc4c3)cc2o1. The van der Waals surface area contributed by atoms with Crippen LogP contribution in [0.4, 0.5) is 9.18 Å². The molecule has 34 heavy (non-hydrogen) atoms. The van der Waals surface area contributed by atoms with E-state index in [1.54, 1.807) is 4.90 Å².